The van der Waals surface area contributed by atoms with Crippen LogP contribution in [0.5, 0.6) is 11.5 Å². The molecule has 0 bridgehead atoms. The van der Waals surface area contributed by atoms with E-state index >= 15 is 0 Å². The Bertz CT molecular complexity index is 572. The van der Waals surface area contributed by atoms with Crippen molar-refractivity contribution in [2.24, 2.45) is 5.73 Å². The topological polar surface area (TPSA) is 35.2 Å². The van der Waals surface area contributed by atoms with Crippen molar-refractivity contribution >= 4 is 15.9 Å². The van der Waals surface area contributed by atoms with Gasteiger partial charge in [0.05, 0.1) is 0 Å². The first kappa shape index (κ1) is 13.1. The number of aryl methyl sites for hydroxylation is 1. The molecule has 4 heteroatoms. The average molecular weight is 310 g/mol. The first-order valence-electron chi connectivity index (χ1n) is 5.54. The average Bonchev–Trinajstić information content (AvgIpc) is 2.35. The van der Waals surface area contributed by atoms with E-state index in [2.05, 4.69) is 15.9 Å². The second-order valence-corrected chi connectivity index (χ2v) is 4.76. The molecule has 2 rings (SSSR count). The molecule has 0 fully saturated rings. The van der Waals surface area contributed by atoms with Crippen molar-refractivity contribution in [1.82, 2.24) is 0 Å². The van der Waals surface area contributed by atoms with Crippen molar-refractivity contribution in [1.29, 1.82) is 0 Å². The fourth-order valence-corrected chi connectivity index (χ4v) is 2.16. The molecular weight excluding hydrogens is 297 g/mol. The van der Waals surface area contributed by atoms with Crippen LogP contribution < -0.4 is 10.5 Å². The fraction of sp³-hybridized carbons (Fsp3) is 0.143. The van der Waals surface area contributed by atoms with Gasteiger partial charge in [0.1, 0.15) is 5.75 Å². The van der Waals surface area contributed by atoms with E-state index < -0.39 is 0 Å². The molecule has 0 unspecified atom stereocenters. The number of ether oxygens (including phenoxy) is 1. The second-order valence-electron chi connectivity index (χ2n) is 3.91. The number of hydrogen-bond acceptors (Lipinski definition) is 2. The summed E-state index contributed by atoms with van der Waals surface area (Å²) in [5, 5.41) is 0. The number of halogens is 2. The molecule has 18 heavy (non-hydrogen) atoms. The van der Waals surface area contributed by atoms with Gasteiger partial charge in [-0.1, -0.05) is 34.1 Å². The zero-order valence-corrected chi connectivity index (χ0v) is 11.5. The maximum atomic E-state index is 13.9. The molecule has 0 radical (unpaired) electrons. The molecule has 0 aliphatic rings. The number of nitrogens with two attached hydrogens (primary N) is 1. The highest BCUT2D eigenvalue weighted by Gasteiger charge is 2.11. The lowest BCUT2D eigenvalue weighted by atomic mass is 10.2. The summed E-state index contributed by atoms with van der Waals surface area (Å²) < 4.78 is 20.3. The zero-order chi connectivity index (χ0) is 13.1. The monoisotopic (exact) mass is 309 g/mol. The van der Waals surface area contributed by atoms with Gasteiger partial charge in [-0.25, -0.2) is 4.39 Å². The second kappa shape index (κ2) is 5.50. The number of benzene rings is 2. The summed E-state index contributed by atoms with van der Waals surface area (Å²) >= 11 is 3.40. The SMILES string of the molecule is Cc1cccc(Oc2cccc(Br)c2CN)c1F. The van der Waals surface area contributed by atoms with Crippen LogP contribution >= 0.6 is 15.9 Å². The van der Waals surface area contributed by atoms with Crippen LogP contribution in [0, 0.1) is 12.7 Å². The van der Waals surface area contributed by atoms with Gasteiger partial charge in [0.25, 0.3) is 0 Å². The van der Waals surface area contributed by atoms with Gasteiger partial charge in [-0.15, -0.1) is 0 Å². The molecule has 2 N–H and O–H groups in total. The first-order valence-corrected chi connectivity index (χ1v) is 6.33. The molecule has 0 heterocycles. The van der Waals surface area contributed by atoms with Crippen LogP contribution in [0.1, 0.15) is 11.1 Å². The van der Waals surface area contributed by atoms with Gasteiger partial charge >= 0.3 is 0 Å². The Morgan fingerprint density at radius 1 is 1.17 bits per heavy atom. The van der Waals surface area contributed by atoms with E-state index in [0.29, 0.717) is 17.9 Å². The molecule has 0 saturated carbocycles. The Morgan fingerprint density at radius 2 is 1.83 bits per heavy atom. The van der Waals surface area contributed by atoms with Gasteiger partial charge in [0, 0.05) is 16.6 Å². The van der Waals surface area contributed by atoms with Crippen molar-refractivity contribution in [3.05, 3.63) is 57.8 Å². The molecule has 0 aliphatic carbocycles. The summed E-state index contributed by atoms with van der Waals surface area (Å²) in [5.41, 5.74) is 7.04. The molecule has 94 valence electrons. The predicted molar refractivity (Wildman–Crippen MR) is 73.2 cm³/mol. The quantitative estimate of drug-likeness (QED) is 0.924. The molecular formula is C14H13BrFNO. The smallest absolute Gasteiger partial charge is 0.168 e. The number of rotatable bonds is 3. The summed E-state index contributed by atoms with van der Waals surface area (Å²) in [7, 11) is 0. The largest absolute Gasteiger partial charge is 0.454 e. The van der Waals surface area contributed by atoms with Gasteiger partial charge < -0.3 is 10.5 Å². The molecule has 2 nitrogen and oxygen atoms in total. The summed E-state index contributed by atoms with van der Waals surface area (Å²) in [5.74, 6) is 0.430. The van der Waals surface area contributed by atoms with E-state index in [1.165, 1.54) is 0 Å². The van der Waals surface area contributed by atoms with Gasteiger partial charge in [0.15, 0.2) is 11.6 Å². The third-order valence-electron chi connectivity index (χ3n) is 2.66. The van der Waals surface area contributed by atoms with Gasteiger partial charge in [-0.05, 0) is 30.7 Å². The summed E-state index contributed by atoms with van der Waals surface area (Å²) in [6, 6.07) is 10.5. The van der Waals surface area contributed by atoms with Gasteiger partial charge in [0.2, 0.25) is 0 Å². The highest BCUT2D eigenvalue weighted by atomic mass is 79.9. The highest BCUT2D eigenvalue weighted by Crippen LogP contribution is 2.32. The minimum absolute atomic E-state index is 0.211. The first-order chi connectivity index (χ1) is 8.63. The normalized spacial score (nSPS) is 10.4. The Morgan fingerprint density at radius 3 is 2.56 bits per heavy atom. The van der Waals surface area contributed by atoms with Crippen molar-refractivity contribution in [2.75, 3.05) is 0 Å². The van der Waals surface area contributed by atoms with Crippen LogP contribution in [0.25, 0.3) is 0 Å². The Labute approximate surface area is 114 Å². The van der Waals surface area contributed by atoms with Gasteiger partial charge in [-0.3, -0.25) is 0 Å². The maximum Gasteiger partial charge on any atom is 0.168 e. The molecule has 0 amide bonds. The minimum Gasteiger partial charge on any atom is -0.454 e. The summed E-state index contributed by atoms with van der Waals surface area (Å²) in [6.07, 6.45) is 0. The highest BCUT2D eigenvalue weighted by molar-refractivity contribution is 9.10. The molecule has 0 atom stereocenters. The van der Waals surface area contributed by atoms with Gasteiger partial charge in [-0.2, -0.15) is 0 Å². The molecule has 0 aromatic heterocycles. The van der Waals surface area contributed by atoms with Crippen LogP contribution in [0.2, 0.25) is 0 Å². The molecule has 0 saturated heterocycles. The molecule has 0 spiro atoms. The minimum atomic E-state index is -0.347. The zero-order valence-electron chi connectivity index (χ0n) is 9.91. The van der Waals surface area contributed by atoms with Crippen molar-refractivity contribution in [3.63, 3.8) is 0 Å². The molecule has 2 aromatic carbocycles. The lowest BCUT2D eigenvalue weighted by Crippen LogP contribution is -2.01. The summed E-state index contributed by atoms with van der Waals surface area (Å²) in [6.45, 7) is 2.02. The lowest BCUT2D eigenvalue weighted by molar-refractivity contribution is 0.435. The fourth-order valence-electron chi connectivity index (χ4n) is 1.65. The standard InChI is InChI=1S/C14H13BrFNO/c1-9-4-2-7-13(14(9)16)18-12-6-3-5-11(15)10(12)8-17/h2-7H,8,17H2,1H3. The Kier molecular flexibility index (Phi) is 3.99. The van der Waals surface area contributed by atoms with E-state index in [1.807, 2.05) is 12.1 Å². The van der Waals surface area contributed by atoms with E-state index in [-0.39, 0.29) is 11.6 Å². The van der Waals surface area contributed by atoms with E-state index in [4.69, 9.17) is 10.5 Å². The van der Waals surface area contributed by atoms with E-state index in [0.717, 1.165) is 10.0 Å². The Hall–Kier alpha value is -1.39. The van der Waals surface area contributed by atoms with Crippen LogP contribution in [-0.2, 0) is 6.54 Å². The van der Waals surface area contributed by atoms with E-state index in [1.54, 1.807) is 31.2 Å². The van der Waals surface area contributed by atoms with Crippen LogP contribution in [0.4, 0.5) is 4.39 Å². The van der Waals surface area contributed by atoms with Crippen molar-refractivity contribution < 1.29 is 9.13 Å². The number of hydrogen-bond donors (Lipinski definition) is 1. The third kappa shape index (κ3) is 2.54. The maximum absolute atomic E-state index is 13.9. The van der Waals surface area contributed by atoms with Crippen molar-refractivity contribution in [3.8, 4) is 11.5 Å². The third-order valence-corrected chi connectivity index (χ3v) is 3.40. The van der Waals surface area contributed by atoms with Crippen LogP contribution in [0.15, 0.2) is 40.9 Å². The molecule has 0 aliphatic heterocycles. The summed E-state index contributed by atoms with van der Waals surface area (Å²) in [4.78, 5) is 0. The Balaban J connectivity index is 2.40. The van der Waals surface area contributed by atoms with E-state index in [9.17, 15) is 4.39 Å². The van der Waals surface area contributed by atoms with Crippen molar-refractivity contribution in [2.45, 2.75) is 13.5 Å². The van der Waals surface area contributed by atoms with Crippen LogP contribution in [-0.4, -0.2) is 0 Å². The lowest BCUT2D eigenvalue weighted by Gasteiger charge is -2.12. The van der Waals surface area contributed by atoms with Crippen LogP contribution in [0.3, 0.4) is 0 Å². The molecule has 2 aromatic rings. The predicted octanol–water partition coefficient (Wildman–Crippen LogP) is 4.15.